The Kier molecular flexibility index (Phi) is 9.18. The molecule has 0 atom stereocenters. The number of nitrogens with zero attached hydrogens (tertiary/aromatic N) is 1. The van der Waals surface area contributed by atoms with E-state index in [1.807, 2.05) is 18.7 Å². The van der Waals surface area contributed by atoms with Gasteiger partial charge in [-0.1, -0.05) is 13.8 Å². The van der Waals surface area contributed by atoms with Gasteiger partial charge in [0, 0.05) is 25.9 Å². The molecule has 1 fully saturated rings. The fourth-order valence-electron chi connectivity index (χ4n) is 2.90. The van der Waals surface area contributed by atoms with Gasteiger partial charge in [0.05, 0.1) is 0 Å². The lowest BCUT2D eigenvalue weighted by molar-refractivity contribution is -0.148. The molecule has 0 spiro atoms. The number of thioether (sulfide) groups is 1. The topological polar surface area (TPSA) is 86.7 Å². The van der Waals surface area contributed by atoms with E-state index in [-0.39, 0.29) is 18.2 Å². The fourth-order valence-corrected chi connectivity index (χ4v) is 4.09. The molecule has 1 saturated heterocycles. The maximum Gasteiger partial charge on any atom is 0.329 e. The van der Waals surface area contributed by atoms with Crippen LogP contribution >= 0.6 is 11.8 Å². The summed E-state index contributed by atoms with van der Waals surface area (Å²) in [5.41, 5.74) is -1.12. The van der Waals surface area contributed by atoms with Gasteiger partial charge in [-0.15, -0.1) is 0 Å². The molecule has 0 aliphatic carbocycles. The van der Waals surface area contributed by atoms with Crippen LogP contribution in [-0.4, -0.2) is 57.9 Å². The van der Waals surface area contributed by atoms with Crippen LogP contribution < -0.4 is 5.32 Å². The number of carbonyl (C=O) groups excluding carboxylic acids is 2. The lowest BCUT2D eigenvalue weighted by Crippen LogP contribution is -2.56. The summed E-state index contributed by atoms with van der Waals surface area (Å²) in [6.07, 6.45) is 3.75. The third kappa shape index (κ3) is 6.34. The van der Waals surface area contributed by atoms with E-state index in [9.17, 15) is 19.5 Å². The highest BCUT2D eigenvalue weighted by atomic mass is 32.2. The molecule has 0 aromatic carbocycles. The molecule has 0 aromatic rings. The number of rotatable bonds is 10. The number of carboxylic acids is 1. The van der Waals surface area contributed by atoms with Gasteiger partial charge >= 0.3 is 5.97 Å². The molecule has 1 aliphatic rings. The lowest BCUT2D eigenvalue weighted by atomic mass is 9.92. The molecule has 138 valence electrons. The molecule has 0 saturated carbocycles. The summed E-state index contributed by atoms with van der Waals surface area (Å²) < 4.78 is 0. The van der Waals surface area contributed by atoms with E-state index in [0.717, 1.165) is 37.4 Å². The van der Waals surface area contributed by atoms with Crippen molar-refractivity contribution >= 4 is 29.5 Å². The molecule has 2 N–H and O–H groups in total. The van der Waals surface area contributed by atoms with Crippen LogP contribution in [0.25, 0.3) is 0 Å². The van der Waals surface area contributed by atoms with Gasteiger partial charge in [0.15, 0.2) is 0 Å². The second kappa shape index (κ2) is 10.6. The van der Waals surface area contributed by atoms with E-state index in [4.69, 9.17) is 0 Å². The van der Waals surface area contributed by atoms with Crippen LogP contribution in [0.4, 0.5) is 0 Å². The normalized spacial score (nSPS) is 16.4. The predicted octanol–water partition coefficient (Wildman–Crippen LogP) is 2.27. The molecule has 0 unspecified atom stereocenters. The van der Waals surface area contributed by atoms with Crippen LogP contribution in [0, 0.1) is 0 Å². The Bertz CT molecular complexity index is 430. The maximum absolute atomic E-state index is 12.2. The molecule has 0 bridgehead atoms. The van der Waals surface area contributed by atoms with Gasteiger partial charge in [-0.25, -0.2) is 4.79 Å². The van der Waals surface area contributed by atoms with Crippen molar-refractivity contribution in [2.75, 3.05) is 24.6 Å². The van der Waals surface area contributed by atoms with Crippen molar-refractivity contribution < 1.29 is 19.5 Å². The minimum Gasteiger partial charge on any atom is -0.480 e. The number of hydrogen-bond donors (Lipinski definition) is 2. The van der Waals surface area contributed by atoms with Gasteiger partial charge in [0.2, 0.25) is 11.8 Å². The van der Waals surface area contributed by atoms with E-state index >= 15 is 0 Å². The molecule has 6 nitrogen and oxygen atoms in total. The van der Waals surface area contributed by atoms with Crippen LogP contribution in [0.2, 0.25) is 0 Å². The summed E-state index contributed by atoms with van der Waals surface area (Å²) in [6.45, 7) is 5.58. The molecular weight excluding hydrogens is 328 g/mol. The summed E-state index contributed by atoms with van der Waals surface area (Å²) in [6, 6.07) is 0. The first-order chi connectivity index (χ1) is 11.4. The monoisotopic (exact) mass is 358 g/mol. The summed E-state index contributed by atoms with van der Waals surface area (Å²) in [7, 11) is 0. The summed E-state index contributed by atoms with van der Waals surface area (Å²) in [5, 5.41) is 12.2. The van der Waals surface area contributed by atoms with Crippen molar-refractivity contribution in [3.05, 3.63) is 0 Å². The average molecular weight is 359 g/mol. The van der Waals surface area contributed by atoms with Crippen molar-refractivity contribution in [1.82, 2.24) is 10.2 Å². The SMILES string of the molecule is CCCN(CCC)C(=O)CCCC(=O)NC1(C(=O)O)CCSCC1. The van der Waals surface area contributed by atoms with Crippen LogP contribution in [0.3, 0.4) is 0 Å². The third-order valence-electron chi connectivity index (χ3n) is 4.27. The molecule has 0 radical (unpaired) electrons. The largest absolute Gasteiger partial charge is 0.480 e. The molecule has 0 aromatic heterocycles. The number of aliphatic carboxylic acids is 1. The number of carboxylic acid groups (broad SMARTS) is 1. The summed E-state index contributed by atoms with van der Waals surface area (Å²) in [5.74, 6) is 0.342. The van der Waals surface area contributed by atoms with E-state index in [1.165, 1.54) is 0 Å². The molecule has 1 rings (SSSR count). The Morgan fingerprint density at radius 2 is 1.67 bits per heavy atom. The first kappa shape index (κ1) is 20.8. The number of nitrogens with one attached hydrogen (secondary N) is 1. The van der Waals surface area contributed by atoms with Gasteiger partial charge in [0.25, 0.3) is 0 Å². The highest BCUT2D eigenvalue weighted by molar-refractivity contribution is 7.99. The minimum atomic E-state index is -1.12. The number of amides is 2. The Labute approximate surface area is 148 Å². The molecular formula is C17H30N2O4S. The van der Waals surface area contributed by atoms with E-state index in [1.54, 1.807) is 11.8 Å². The van der Waals surface area contributed by atoms with E-state index in [2.05, 4.69) is 5.32 Å². The Morgan fingerprint density at radius 3 is 2.17 bits per heavy atom. The Balaban J connectivity index is 2.42. The maximum atomic E-state index is 12.2. The van der Waals surface area contributed by atoms with Gasteiger partial charge < -0.3 is 15.3 Å². The number of hydrogen-bond acceptors (Lipinski definition) is 4. The van der Waals surface area contributed by atoms with Crippen LogP contribution in [-0.2, 0) is 14.4 Å². The van der Waals surface area contributed by atoms with Crippen LogP contribution in [0.15, 0.2) is 0 Å². The van der Waals surface area contributed by atoms with E-state index in [0.29, 0.717) is 25.7 Å². The second-order valence-corrected chi connectivity index (χ2v) is 7.51. The van der Waals surface area contributed by atoms with Gasteiger partial charge in [-0.3, -0.25) is 9.59 Å². The lowest BCUT2D eigenvalue weighted by Gasteiger charge is -2.33. The molecule has 24 heavy (non-hydrogen) atoms. The Hall–Kier alpha value is -1.24. The molecule has 1 aliphatic heterocycles. The highest BCUT2D eigenvalue weighted by Gasteiger charge is 2.41. The van der Waals surface area contributed by atoms with Crippen LogP contribution in [0.5, 0.6) is 0 Å². The zero-order valence-corrected chi connectivity index (χ0v) is 15.6. The summed E-state index contributed by atoms with van der Waals surface area (Å²) in [4.78, 5) is 37.7. The van der Waals surface area contributed by atoms with Crippen molar-refractivity contribution in [2.24, 2.45) is 0 Å². The zero-order chi connectivity index (χ0) is 18.0. The standard InChI is InChI=1S/C17H30N2O4S/c1-3-10-19(11-4-2)15(21)7-5-6-14(20)18-17(16(22)23)8-12-24-13-9-17/h3-13H2,1-2H3,(H,18,20)(H,22,23). The fraction of sp³-hybridized carbons (Fsp3) is 0.824. The smallest absolute Gasteiger partial charge is 0.329 e. The van der Waals surface area contributed by atoms with Gasteiger partial charge in [-0.2, -0.15) is 11.8 Å². The predicted molar refractivity (Wildman–Crippen MR) is 96.1 cm³/mol. The third-order valence-corrected chi connectivity index (χ3v) is 5.25. The molecule has 1 heterocycles. The summed E-state index contributed by atoms with van der Waals surface area (Å²) >= 11 is 1.71. The molecule has 2 amide bonds. The first-order valence-electron chi connectivity index (χ1n) is 8.85. The van der Waals surface area contributed by atoms with Gasteiger partial charge in [-0.05, 0) is 43.6 Å². The van der Waals surface area contributed by atoms with Crippen molar-refractivity contribution in [1.29, 1.82) is 0 Å². The van der Waals surface area contributed by atoms with E-state index < -0.39 is 11.5 Å². The second-order valence-electron chi connectivity index (χ2n) is 6.28. The average Bonchev–Trinajstić information content (AvgIpc) is 2.55. The van der Waals surface area contributed by atoms with Crippen molar-refractivity contribution in [2.45, 2.75) is 64.3 Å². The highest BCUT2D eigenvalue weighted by Crippen LogP contribution is 2.27. The quantitative estimate of drug-likeness (QED) is 0.626. The first-order valence-corrected chi connectivity index (χ1v) is 10.0. The molecule has 7 heteroatoms. The minimum absolute atomic E-state index is 0.0773. The van der Waals surface area contributed by atoms with Crippen molar-refractivity contribution in [3.8, 4) is 0 Å². The zero-order valence-electron chi connectivity index (χ0n) is 14.8. The number of carbonyl (C=O) groups is 3. The van der Waals surface area contributed by atoms with Gasteiger partial charge in [0.1, 0.15) is 5.54 Å². The Morgan fingerprint density at radius 1 is 1.08 bits per heavy atom. The van der Waals surface area contributed by atoms with Crippen LogP contribution in [0.1, 0.15) is 58.8 Å². The van der Waals surface area contributed by atoms with Crippen molar-refractivity contribution in [3.63, 3.8) is 0 Å².